The van der Waals surface area contributed by atoms with Crippen molar-refractivity contribution in [2.75, 3.05) is 33.4 Å². The van der Waals surface area contributed by atoms with Crippen LogP contribution in [0.15, 0.2) is 24.3 Å². The molecule has 116 valence electrons. The molecule has 1 unspecified atom stereocenters. The number of rotatable bonds is 6. The van der Waals surface area contributed by atoms with Crippen molar-refractivity contribution in [3.63, 3.8) is 0 Å². The minimum atomic E-state index is -0.779. The molecule has 21 heavy (non-hydrogen) atoms. The lowest BCUT2D eigenvalue weighted by Crippen LogP contribution is -2.54. The van der Waals surface area contributed by atoms with Crippen molar-refractivity contribution in [2.45, 2.75) is 25.3 Å². The van der Waals surface area contributed by atoms with Gasteiger partial charge < -0.3 is 14.6 Å². The first-order chi connectivity index (χ1) is 10.0. The van der Waals surface area contributed by atoms with E-state index in [-0.39, 0.29) is 6.42 Å². The summed E-state index contributed by atoms with van der Waals surface area (Å²) in [7, 11) is 1.64. The largest absolute Gasteiger partial charge is 0.496 e. The molecule has 0 bridgehead atoms. The number of morpholine rings is 1. The summed E-state index contributed by atoms with van der Waals surface area (Å²) in [6.45, 7) is 4.85. The molecular weight excluding hydrogens is 270 g/mol. The molecule has 1 heterocycles. The summed E-state index contributed by atoms with van der Waals surface area (Å²) in [4.78, 5) is 13.5. The molecule has 2 rings (SSSR count). The van der Waals surface area contributed by atoms with Gasteiger partial charge in [-0.1, -0.05) is 18.2 Å². The van der Waals surface area contributed by atoms with Crippen LogP contribution >= 0.6 is 0 Å². The highest BCUT2D eigenvalue weighted by molar-refractivity contribution is 5.68. The molecule has 5 heteroatoms. The molecular formula is C16H23NO4. The number of benzene rings is 1. The second-order valence-electron chi connectivity index (χ2n) is 5.66. The average molecular weight is 293 g/mol. The maximum absolute atomic E-state index is 11.3. The topological polar surface area (TPSA) is 59.0 Å². The Morgan fingerprint density at radius 1 is 1.38 bits per heavy atom. The molecule has 1 atom stereocenters. The van der Waals surface area contributed by atoms with Crippen LogP contribution in [0.25, 0.3) is 0 Å². The molecule has 1 aromatic carbocycles. The molecule has 5 nitrogen and oxygen atoms in total. The fourth-order valence-corrected chi connectivity index (χ4v) is 2.97. The third-order valence-corrected chi connectivity index (χ3v) is 4.07. The molecule has 1 aromatic rings. The van der Waals surface area contributed by atoms with Crippen molar-refractivity contribution in [1.29, 1.82) is 0 Å². The predicted octanol–water partition coefficient (Wildman–Crippen LogP) is 1.80. The minimum absolute atomic E-state index is 0.102. The number of hydrogen-bond acceptors (Lipinski definition) is 4. The lowest BCUT2D eigenvalue weighted by molar-refractivity contribution is -0.141. The molecule has 1 N–H and O–H groups in total. The number of ether oxygens (including phenoxy) is 2. The van der Waals surface area contributed by atoms with E-state index in [0.717, 1.165) is 24.4 Å². The zero-order chi connectivity index (χ0) is 15.3. The monoisotopic (exact) mass is 293 g/mol. The summed E-state index contributed by atoms with van der Waals surface area (Å²) in [5.41, 5.74) is 0.597. The number of aliphatic carboxylic acids is 1. The van der Waals surface area contributed by atoms with E-state index in [1.54, 1.807) is 7.11 Å². The minimum Gasteiger partial charge on any atom is -0.496 e. The highest BCUT2D eigenvalue weighted by Crippen LogP contribution is 2.30. The first kappa shape index (κ1) is 15.8. The quantitative estimate of drug-likeness (QED) is 0.866. The third-order valence-electron chi connectivity index (χ3n) is 4.07. The second-order valence-corrected chi connectivity index (χ2v) is 5.66. The Labute approximate surface area is 125 Å². The first-order valence-electron chi connectivity index (χ1n) is 7.22. The van der Waals surface area contributed by atoms with Gasteiger partial charge in [0.2, 0.25) is 0 Å². The predicted molar refractivity (Wildman–Crippen MR) is 79.7 cm³/mol. The lowest BCUT2D eigenvalue weighted by Gasteiger charge is -2.43. The van der Waals surface area contributed by atoms with Crippen molar-refractivity contribution in [3.05, 3.63) is 29.8 Å². The van der Waals surface area contributed by atoms with Gasteiger partial charge in [0.25, 0.3) is 0 Å². The van der Waals surface area contributed by atoms with Crippen LogP contribution < -0.4 is 4.74 Å². The Morgan fingerprint density at radius 3 is 2.67 bits per heavy atom. The zero-order valence-corrected chi connectivity index (χ0v) is 12.7. The van der Waals surface area contributed by atoms with Gasteiger partial charge in [0, 0.05) is 18.6 Å². The maximum Gasteiger partial charge on any atom is 0.305 e. The number of methoxy groups -OCH3 is 1. The lowest BCUT2D eigenvalue weighted by atomic mass is 9.87. The molecule has 0 aliphatic carbocycles. The van der Waals surface area contributed by atoms with Gasteiger partial charge in [-0.2, -0.15) is 0 Å². The fraction of sp³-hybridized carbons (Fsp3) is 0.562. The van der Waals surface area contributed by atoms with Gasteiger partial charge in [0.1, 0.15) is 5.75 Å². The molecule has 1 saturated heterocycles. The molecule has 0 spiro atoms. The van der Waals surface area contributed by atoms with Crippen LogP contribution in [0.4, 0.5) is 0 Å². The van der Waals surface area contributed by atoms with E-state index in [9.17, 15) is 9.90 Å². The molecule has 0 radical (unpaired) electrons. The summed E-state index contributed by atoms with van der Waals surface area (Å²) in [6, 6.07) is 7.79. The van der Waals surface area contributed by atoms with E-state index < -0.39 is 11.5 Å². The van der Waals surface area contributed by atoms with Gasteiger partial charge in [-0.15, -0.1) is 0 Å². The number of carboxylic acid groups (broad SMARTS) is 1. The van der Waals surface area contributed by atoms with E-state index >= 15 is 0 Å². The van der Waals surface area contributed by atoms with Crippen LogP contribution in [0.2, 0.25) is 0 Å². The zero-order valence-electron chi connectivity index (χ0n) is 12.7. The van der Waals surface area contributed by atoms with Gasteiger partial charge in [0.15, 0.2) is 0 Å². The highest BCUT2D eigenvalue weighted by atomic mass is 16.5. The van der Waals surface area contributed by atoms with Crippen LogP contribution in [0.1, 0.15) is 18.9 Å². The van der Waals surface area contributed by atoms with E-state index in [2.05, 4.69) is 4.90 Å². The smallest absolute Gasteiger partial charge is 0.305 e. The van der Waals surface area contributed by atoms with Crippen molar-refractivity contribution >= 4 is 5.97 Å². The normalized spacial score (nSPS) is 19.0. The Bertz CT molecular complexity index is 485. The van der Waals surface area contributed by atoms with Crippen LogP contribution in [-0.2, 0) is 16.0 Å². The standard InChI is InChI=1S/C16H23NO4/c1-16(12-15(18)19,17-7-9-21-10-8-17)11-13-5-3-4-6-14(13)20-2/h3-6H,7-12H2,1-2H3,(H,18,19). The molecule has 0 saturated carbocycles. The van der Waals surface area contributed by atoms with Gasteiger partial charge in [-0.05, 0) is 25.0 Å². The Morgan fingerprint density at radius 2 is 2.05 bits per heavy atom. The number of hydrogen-bond donors (Lipinski definition) is 1. The average Bonchev–Trinajstić information content (AvgIpc) is 2.48. The summed E-state index contributed by atoms with van der Waals surface area (Å²) < 4.78 is 10.8. The Balaban J connectivity index is 2.24. The fourth-order valence-electron chi connectivity index (χ4n) is 2.97. The van der Waals surface area contributed by atoms with Crippen molar-refractivity contribution < 1.29 is 19.4 Å². The van der Waals surface area contributed by atoms with E-state index in [1.165, 1.54) is 0 Å². The summed E-state index contributed by atoms with van der Waals surface area (Å²) in [5.74, 6) is 0.0289. The molecule has 1 fully saturated rings. The van der Waals surface area contributed by atoms with Gasteiger partial charge >= 0.3 is 5.97 Å². The van der Waals surface area contributed by atoms with Gasteiger partial charge in [0.05, 0.1) is 26.7 Å². The van der Waals surface area contributed by atoms with Crippen LogP contribution in [0.3, 0.4) is 0 Å². The number of carbonyl (C=O) groups is 1. The summed E-state index contributed by atoms with van der Waals surface area (Å²) >= 11 is 0. The van der Waals surface area contributed by atoms with Crippen molar-refractivity contribution in [1.82, 2.24) is 4.90 Å². The number of carboxylic acids is 1. The Hall–Kier alpha value is -1.59. The van der Waals surface area contributed by atoms with Crippen molar-refractivity contribution in [3.8, 4) is 5.75 Å². The molecule has 1 aliphatic rings. The molecule has 0 aromatic heterocycles. The second kappa shape index (κ2) is 6.91. The summed E-state index contributed by atoms with van der Waals surface area (Å²) in [5, 5.41) is 9.30. The van der Waals surface area contributed by atoms with Crippen LogP contribution in [0, 0.1) is 0 Å². The van der Waals surface area contributed by atoms with Crippen LogP contribution in [0.5, 0.6) is 5.75 Å². The summed E-state index contributed by atoms with van der Waals surface area (Å²) in [6.07, 6.45) is 0.744. The first-order valence-corrected chi connectivity index (χ1v) is 7.22. The van der Waals surface area contributed by atoms with Crippen molar-refractivity contribution in [2.24, 2.45) is 0 Å². The van der Waals surface area contributed by atoms with E-state index in [1.807, 2.05) is 31.2 Å². The van der Waals surface area contributed by atoms with Gasteiger partial charge in [-0.25, -0.2) is 0 Å². The SMILES string of the molecule is COc1ccccc1CC(C)(CC(=O)O)N1CCOCC1. The Kier molecular flexibility index (Phi) is 5.20. The van der Waals surface area contributed by atoms with E-state index in [0.29, 0.717) is 19.6 Å². The van der Waals surface area contributed by atoms with Gasteiger partial charge in [-0.3, -0.25) is 9.69 Å². The number of para-hydroxylation sites is 1. The highest BCUT2D eigenvalue weighted by Gasteiger charge is 2.36. The molecule has 0 amide bonds. The molecule has 1 aliphatic heterocycles. The maximum atomic E-state index is 11.3. The number of nitrogens with zero attached hydrogens (tertiary/aromatic N) is 1. The van der Waals surface area contributed by atoms with Crippen LogP contribution in [-0.4, -0.2) is 54.9 Å². The van der Waals surface area contributed by atoms with E-state index in [4.69, 9.17) is 9.47 Å². The third kappa shape index (κ3) is 3.95.